The van der Waals surface area contributed by atoms with Crippen molar-refractivity contribution >= 4 is 39.5 Å². The summed E-state index contributed by atoms with van der Waals surface area (Å²) in [7, 11) is -9.94. The summed E-state index contributed by atoms with van der Waals surface area (Å²) in [5, 5.41) is 10.6. The Morgan fingerprint density at radius 1 is 0.283 bits per heavy atom. The molecule has 0 amide bonds. The summed E-state index contributed by atoms with van der Waals surface area (Å²) < 4.78 is 68.6. The van der Waals surface area contributed by atoms with Crippen molar-refractivity contribution in [2.24, 2.45) is 0 Å². The topological polar surface area (TPSA) is 237 Å². The van der Waals surface area contributed by atoms with Gasteiger partial charge < -0.3 is 33.8 Å². The zero-order valence-electron chi connectivity index (χ0n) is 63.4. The number of aliphatic hydroxyl groups is 1. The molecular formula is C80H148O17P2. The lowest BCUT2D eigenvalue weighted by Gasteiger charge is -2.21. The molecule has 3 N–H and O–H groups in total. The number of allylic oxidation sites excluding steroid dienone is 8. The van der Waals surface area contributed by atoms with E-state index < -0.39 is 97.5 Å². The highest BCUT2D eigenvalue weighted by Gasteiger charge is 2.30. The van der Waals surface area contributed by atoms with Crippen molar-refractivity contribution in [1.82, 2.24) is 0 Å². The highest BCUT2D eigenvalue weighted by atomic mass is 31.2. The van der Waals surface area contributed by atoms with Crippen LogP contribution in [-0.2, 0) is 65.4 Å². The molecule has 0 aromatic heterocycles. The fraction of sp³-hybridized carbons (Fsp3) is 0.850. The number of rotatable bonds is 77. The van der Waals surface area contributed by atoms with Crippen molar-refractivity contribution in [2.45, 2.75) is 399 Å². The van der Waals surface area contributed by atoms with Crippen LogP contribution in [0.4, 0.5) is 0 Å². The smallest absolute Gasteiger partial charge is 0.462 e. The zero-order chi connectivity index (χ0) is 72.5. The van der Waals surface area contributed by atoms with E-state index in [0.717, 1.165) is 122 Å². The summed E-state index contributed by atoms with van der Waals surface area (Å²) in [6.45, 7) is 4.89. The quantitative estimate of drug-likeness (QED) is 0.0169. The lowest BCUT2D eigenvalue weighted by atomic mass is 10.0. The van der Waals surface area contributed by atoms with Gasteiger partial charge >= 0.3 is 39.5 Å². The molecule has 0 aliphatic heterocycles. The van der Waals surface area contributed by atoms with Crippen molar-refractivity contribution < 1.29 is 80.2 Å². The number of phosphoric ester groups is 2. The summed E-state index contributed by atoms with van der Waals surface area (Å²) in [5.74, 6) is -2.17. The molecule has 0 saturated heterocycles. The van der Waals surface area contributed by atoms with E-state index in [9.17, 15) is 43.2 Å². The molecule has 0 radical (unpaired) electrons. The van der Waals surface area contributed by atoms with Crippen LogP contribution in [-0.4, -0.2) is 96.7 Å². The van der Waals surface area contributed by atoms with E-state index in [1.54, 1.807) is 0 Å². The maximum absolute atomic E-state index is 13.1. The van der Waals surface area contributed by atoms with E-state index in [1.165, 1.54) is 180 Å². The molecule has 0 spiro atoms. The second-order valence-electron chi connectivity index (χ2n) is 27.4. The number of ether oxygens (including phenoxy) is 4. The van der Waals surface area contributed by atoms with Gasteiger partial charge in [0.15, 0.2) is 12.2 Å². The largest absolute Gasteiger partial charge is 0.472 e. The van der Waals surface area contributed by atoms with Gasteiger partial charge in [0.2, 0.25) is 0 Å². The summed E-state index contributed by atoms with van der Waals surface area (Å²) in [6, 6.07) is 0. The number of hydrogen-bond acceptors (Lipinski definition) is 15. The summed E-state index contributed by atoms with van der Waals surface area (Å²) >= 11 is 0. The van der Waals surface area contributed by atoms with Crippen LogP contribution in [0.15, 0.2) is 48.6 Å². The van der Waals surface area contributed by atoms with E-state index in [1.807, 2.05) is 0 Å². The first-order chi connectivity index (χ1) is 48.2. The molecule has 5 atom stereocenters. The molecule has 0 aliphatic rings. The van der Waals surface area contributed by atoms with E-state index in [-0.39, 0.29) is 25.7 Å². The molecule has 0 fully saturated rings. The molecule has 0 heterocycles. The fourth-order valence-corrected chi connectivity index (χ4v) is 13.0. The third kappa shape index (κ3) is 73.1. The van der Waals surface area contributed by atoms with E-state index in [4.69, 9.17) is 37.0 Å². The standard InChI is InChI=1S/C80H148O17P2/c1-5-9-13-17-21-25-29-33-36-39-43-47-51-55-59-63-67-80(85)97-76(71-91-78(83)65-61-57-53-49-45-41-37-34-30-26-22-18-14-10-6-2)73-95-99(88,89)93-69-74(81)68-92-98(86,87)94-72-75(70-90-77(82)64-60-56-52-48-44-40-32-28-24-20-16-12-8-4)96-79(84)66-62-58-54-50-46-42-38-35-31-27-23-19-15-11-7-3/h26-27,30-31,34-35,37-38,74-76,81H,5-25,28-29,32-33,36,39-73H2,1-4H3,(H,86,87)(H,88,89)/b30-26-,31-27-,37-34-,38-35-/t74-,75+,76+/m0/s1. The molecule has 0 bridgehead atoms. The van der Waals surface area contributed by atoms with E-state index in [2.05, 4.69) is 76.3 Å². The van der Waals surface area contributed by atoms with E-state index >= 15 is 0 Å². The fourth-order valence-electron chi connectivity index (χ4n) is 11.4. The Hall–Kier alpha value is -2.98. The lowest BCUT2D eigenvalue weighted by Crippen LogP contribution is -2.30. The second-order valence-corrected chi connectivity index (χ2v) is 30.3. The van der Waals surface area contributed by atoms with Gasteiger partial charge in [-0.2, -0.15) is 0 Å². The predicted octanol–water partition coefficient (Wildman–Crippen LogP) is 23.3. The number of carbonyl (C=O) groups is 4. The monoisotopic (exact) mass is 1440 g/mol. The predicted molar refractivity (Wildman–Crippen MR) is 404 cm³/mol. The first-order valence-corrected chi connectivity index (χ1v) is 43.4. The van der Waals surface area contributed by atoms with Gasteiger partial charge in [0.05, 0.1) is 26.4 Å². The van der Waals surface area contributed by atoms with Crippen molar-refractivity contribution in [3.8, 4) is 0 Å². The first-order valence-electron chi connectivity index (χ1n) is 40.4. The Labute approximate surface area is 604 Å². The van der Waals surface area contributed by atoms with Gasteiger partial charge in [0.25, 0.3) is 0 Å². The molecule has 0 aromatic carbocycles. The number of carbonyl (C=O) groups excluding carboxylic acids is 4. The van der Waals surface area contributed by atoms with Crippen molar-refractivity contribution in [2.75, 3.05) is 39.6 Å². The summed E-state index contributed by atoms with van der Waals surface area (Å²) in [5.41, 5.74) is 0. The molecule has 0 saturated carbocycles. The molecule has 0 aromatic rings. The normalized spacial score (nSPS) is 14.1. The molecular weight excluding hydrogens is 1290 g/mol. The average molecular weight is 1440 g/mol. The Kier molecular flexibility index (Phi) is 71.1. The number of esters is 4. The van der Waals surface area contributed by atoms with Gasteiger partial charge in [0.1, 0.15) is 19.3 Å². The molecule has 2 unspecified atom stereocenters. The van der Waals surface area contributed by atoms with Gasteiger partial charge in [-0.15, -0.1) is 0 Å². The Bertz CT molecular complexity index is 2070. The van der Waals surface area contributed by atoms with E-state index in [0.29, 0.717) is 25.7 Å². The maximum atomic E-state index is 13.1. The first kappa shape index (κ1) is 96.0. The van der Waals surface area contributed by atoms with Crippen LogP contribution in [0.1, 0.15) is 381 Å². The Balaban J connectivity index is 5.33. The molecule has 0 rings (SSSR count). The van der Waals surface area contributed by atoms with Gasteiger partial charge in [-0.25, -0.2) is 9.13 Å². The van der Waals surface area contributed by atoms with Gasteiger partial charge in [0, 0.05) is 25.7 Å². The van der Waals surface area contributed by atoms with Gasteiger partial charge in [-0.05, 0) is 77.0 Å². The SMILES string of the molecule is CCCCCC/C=C\C=C/CCCCCCCC(=O)OC[C@H](COP(=O)(O)OC[C@@H](O)COP(=O)(O)OC[C@@H](COC(=O)CCCCCCCCCCCCCCC)OC(=O)CCCCCCC/C=C\C=C/CCCCCC)OC(=O)CCCCCCCCCCCCCCCCCC. The van der Waals surface area contributed by atoms with Crippen LogP contribution < -0.4 is 0 Å². The van der Waals surface area contributed by atoms with Crippen LogP contribution in [0.25, 0.3) is 0 Å². The Morgan fingerprint density at radius 2 is 0.485 bits per heavy atom. The number of unbranched alkanes of at least 4 members (excludes halogenated alkanes) is 45. The van der Waals surface area contributed by atoms with Crippen LogP contribution in [0.3, 0.4) is 0 Å². The molecule has 580 valence electrons. The molecule has 19 heteroatoms. The van der Waals surface area contributed by atoms with Gasteiger partial charge in [-0.3, -0.25) is 37.3 Å². The highest BCUT2D eigenvalue weighted by molar-refractivity contribution is 7.47. The highest BCUT2D eigenvalue weighted by Crippen LogP contribution is 2.45. The van der Waals surface area contributed by atoms with Crippen molar-refractivity contribution in [3.63, 3.8) is 0 Å². The minimum atomic E-state index is -4.97. The van der Waals surface area contributed by atoms with Crippen LogP contribution in [0.2, 0.25) is 0 Å². The van der Waals surface area contributed by atoms with Crippen molar-refractivity contribution in [1.29, 1.82) is 0 Å². The van der Waals surface area contributed by atoms with Crippen LogP contribution in [0.5, 0.6) is 0 Å². The Morgan fingerprint density at radius 3 is 0.737 bits per heavy atom. The lowest BCUT2D eigenvalue weighted by molar-refractivity contribution is -0.161. The van der Waals surface area contributed by atoms with Gasteiger partial charge in [-0.1, -0.05) is 327 Å². The third-order valence-electron chi connectivity index (χ3n) is 17.6. The van der Waals surface area contributed by atoms with Crippen LogP contribution >= 0.6 is 15.6 Å². The molecule has 0 aliphatic carbocycles. The number of hydrogen-bond donors (Lipinski definition) is 3. The number of aliphatic hydroxyl groups excluding tert-OH is 1. The average Bonchev–Trinajstić information content (AvgIpc) is 0.992. The number of phosphoric acid groups is 2. The minimum Gasteiger partial charge on any atom is -0.462 e. The second kappa shape index (κ2) is 73.3. The zero-order valence-corrected chi connectivity index (χ0v) is 65.2. The molecule has 17 nitrogen and oxygen atoms in total. The maximum Gasteiger partial charge on any atom is 0.472 e. The summed E-state index contributed by atoms with van der Waals surface area (Å²) in [6.07, 6.45) is 70.8. The third-order valence-corrected chi connectivity index (χ3v) is 19.5. The minimum absolute atomic E-state index is 0.0836. The summed E-state index contributed by atoms with van der Waals surface area (Å²) in [4.78, 5) is 73.0. The van der Waals surface area contributed by atoms with Crippen molar-refractivity contribution in [3.05, 3.63) is 48.6 Å². The molecule has 99 heavy (non-hydrogen) atoms. The van der Waals surface area contributed by atoms with Crippen LogP contribution in [0, 0.1) is 0 Å².